The van der Waals surface area contributed by atoms with Gasteiger partial charge in [-0.15, -0.1) is 0 Å². The quantitative estimate of drug-likeness (QED) is 0.388. The van der Waals surface area contributed by atoms with Crippen molar-refractivity contribution in [2.45, 2.75) is 30.3 Å². The van der Waals surface area contributed by atoms with E-state index in [-0.39, 0.29) is 34.8 Å². The third-order valence-corrected chi connectivity index (χ3v) is 6.00. The molecule has 0 amide bonds. The lowest BCUT2D eigenvalue weighted by Crippen LogP contribution is -2.24. The van der Waals surface area contributed by atoms with E-state index in [4.69, 9.17) is 0 Å². The lowest BCUT2D eigenvalue weighted by Gasteiger charge is -2.10. The summed E-state index contributed by atoms with van der Waals surface area (Å²) in [6.45, 7) is 1.84. The van der Waals surface area contributed by atoms with Crippen LogP contribution in [0.15, 0.2) is 82.7 Å². The van der Waals surface area contributed by atoms with E-state index in [1.807, 2.05) is 36.4 Å². The van der Waals surface area contributed by atoms with Crippen LogP contribution in [-0.4, -0.2) is 24.7 Å². The van der Waals surface area contributed by atoms with Gasteiger partial charge in [0, 0.05) is 17.3 Å². The van der Waals surface area contributed by atoms with E-state index < -0.39 is 11.2 Å². The first-order chi connectivity index (χ1) is 15.7. The summed E-state index contributed by atoms with van der Waals surface area (Å²) in [4.78, 5) is 17.4. The number of aromatic hydroxyl groups is 1. The summed E-state index contributed by atoms with van der Waals surface area (Å²) in [5.41, 5.74) is -1.30. The number of nitrogens with zero attached hydrogens (tertiary/aromatic N) is 3. The van der Waals surface area contributed by atoms with Crippen molar-refractivity contribution >= 4 is 11.8 Å². The molecule has 33 heavy (non-hydrogen) atoms. The van der Waals surface area contributed by atoms with Crippen molar-refractivity contribution in [1.82, 2.24) is 14.1 Å². The largest absolute Gasteiger partial charge is 0.493 e. The lowest BCUT2D eigenvalue weighted by atomic mass is 10.0. The Balaban J connectivity index is 1.66. The third kappa shape index (κ3) is 5.14. The molecule has 2 aromatic heterocycles. The summed E-state index contributed by atoms with van der Waals surface area (Å²) in [6, 6.07) is 17.0. The molecule has 2 aromatic carbocycles. The van der Waals surface area contributed by atoms with Crippen molar-refractivity contribution in [2.24, 2.45) is 0 Å². The number of aromatic nitrogens is 3. The first-order valence-electron chi connectivity index (χ1n) is 10.1. The van der Waals surface area contributed by atoms with Crippen molar-refractivity contribution in [3.05, 3.63) is 106 Å². The number of imidazole rings is 1. The summed E-state index contributed by atoms with van der Waals surface area (Å²) in [6.07, 6.45) is 4.05. The summed E-state index contributed by atoms with van der Waals surface area (Å²) in [7, 11) is 0. The van der Waals surface area contributed by atoms with E-state index >= 15 is 0 Å². The maximum atomic E-state index is 13.2. The highest BCUT2D eigenvalue weighted by Gasteiger charge is 2.29. The molecule has 1 N–H and O–H groups in total. The van der Waals surface area contributed by atoms with Crippen molar-refractivity contribution in [1.29, 1.82) is 0 Å². The van der Waals surface area contributed by atoms with Gasteiger partial charge in [-0.25, -0.2) is 9.36 Å². The van der Waals surface area contributed by atoms with E-state index in [9.17, 15) is 23.1 Å². The minimum absolute atomic E-state index is 0.00252. The fourth-order valence-corrected chi connectivity index (χ4v) is 4.15. The van der Waals surface area contributed by atoms with Crippen LogP contribution in [0.1, 0.15) is 22.4 Å². The average molecular weight is 472 g/mol. The number of benzene rings is 2. The molecule has 0 atom stereocenters. The molecule has 2 heterocycles. The molecule has 9 heteroatoms. The van der Waals surface area contributed by atoms with Crippen molar-refractivity contribution in [3.63, 3.8) is 0 Å². The van der Waals surface area contributed by atoms with Gasteiger partial charge in [0.2, 0.25) is 5.88 Å². The first kappa shape index (κ1) is 22.7. The Kier molecular flexibility index (Phi) is 6.33. The monoisotopic (exact) mass is 471 g/mol. The zero-order valence-corrected chi connectivity index (χ0v) is 18.4. The van der Waals surface area contributed by atoms with E-state index in [0.717, 1.165) is 21.3 Å². The Labute approximate surface area is 192 Å². The molecule has 0 aliphatic carbocycles. The maximum absolute atomic E-state index is 13.2. The second-order valence-corrected chi connectivity index (χ2v) is 8.60. The number of pyridine rings is 1. The van der Waals surface area contributed by atoms with Gasteiger partial charge in [0.25, 0.3) is 0 Å². The molecule has 4 aromatic rings. The summed E-state index contributed by atoms with van der Waals surface area (Å²) in [5, 5.41) is 10.6. The van der Waals surface area contributed by atoms with Gasteiger partial charge in [0.1, 0.15) is 0 Å². The van der Waals surface area contributed by atoms with E-state index in [1.165, 1.54) is 28.8 Å². The fraction of sp³-hybridized carbons (Fsp3) is 0.167. The van der Waals surface area contributed by atoms with E-state index in [0.29, 0.717) is 12.1 Å². The van der Waals surface area contributed by atoms with Gasteiger partial charge in [0.05, 0.1) is 17.9 Å². The van der Waals surface area contributed by atoms with Gasteiger partial charge in [-0.3, -0.25) is 9.55 Å². The SMILES string of the molecule is Cc1c(O)n(-c2ccc(SC(F)(F)F)cc2)c(=O)n1Cc1ccncc1Cc1ccccc1. The van der Waals surface area contributed by atoms with Gasteiger partial charge in [-0.1, -0.05) is 30.3 Å². The number of hydrogen-bond acceptors (Lipinski definition) is 4. The Morgan fingerprint density at radius 2 is 1.70 bits per heavy atom. The van der Waals surface area contributed by atoms with Crippen LogP contribution in [0.25, 0.3) is 5.69 Å². The maximum Gasteiger partial charge on any atom is 0.446 e. The predicted octanol–water partition coefficient (Wildman–Crippen LogP) is 5.30. The van der Waals surface area contributed by atoms with Crippen LogP contribution >= 0.6 is 11.8 Å². The molecule has 4 rings (SSSR count). The van der Waals surface area contributed by atoms with Gasteiger partial charge in [-0.05, 0) is 72.1 Å². The molecule has 0 radical (unpaired) electrons. The average Bonchev–Trinajstić information content (AvgIpc) is 2.98. The predicted molar refractivity (Wildman–Crippen MR) is 121 cm³/mol. The second-order valence-electron chi connectivity index (χ2n) is 7.46. The number of halogens is 3. The van der Waals surface area contributed by atoms with Gasteiger partial charge in [0.15, 0.2) is 0 Å². The third-order valence-electron chi connectivity index (χ3n) is 5.26. The zero-order chi connectivity index (χ0) is 23.6. The normalized spacial score (nSPS) is 11.6. The van der Waals surface area contributed by atoms with Crippen LogP contribution in [-0.2, 0) is 13.0 Å². The number of hydrogen-bond donors (Lipinski definition) is 1. The van der Waals surface area contributed by atoms with Gasteiger partial charge < -0.3 is 5.11 Å². The van der Waals surface area contributed by atoms with Crippen molar-refractivity contribution < 1.29 is 18.3 Å². The molecule has 0 bridgehead atoms. The number of rotatable bonds is 6. The van der Waals surface area contributed by atoms with Crippen molar-refractivity contribution in [2.75, 3.05) is 0 Å². The molecule has 0 fully saturated rings. The zero-order valence-electron chi connectivity index (χ0n) is 17.6. The van der Waals surface area contributed by atoms with Crippen LogP contribution in [0, 0.1) is 6.92 Å². The lowest BCUT2D eigenvalue weighted by molar-refractivity contribution is -0.0328. The Bertz CT molecular complexity index is 1310. The molecule has 0 aliphatic heterocycles. The molecule has 0 unspecified atom stereocenters. The number of thioether (sulfide) groups is 1. The molecular weight excluding hydrogens is 451 g/mol. The summed E-state index contributed by atoms with van der Waals surface area (Å²) in [5.74, 6) is -0.255. The van der Waals surface area contributed by atoms with Crippen LogP contribution in [0.3, 0.4) is 0 Å². The Morgan fingerprint density at radius 1 is 1.00 bits per heavy atom. The van der Waals surface area contributed by atoms with Crippen LogP contribution in [0.5, 0.6) is 5.88 Å². The fourth-order valence-electron chi connectivity index (χ4n) is 3.61. The van der Waals surface area contributed by atoms with E-state index in [1.54, 1.807) is 19.3 Å². The number of alkyl halides is 3. The molecule has 0 aliphatic rings. The molecule has 5 nitrogen and oxygen atoms in total. The smallest absolute Gasteiger partial charge is 0.446 e. The Hall–Kier alpha value is -3.46. The van der Waals surface area contributed by atoms with Crippen molar-refractivity contribution in [3.8, 4) is 11.6 Å². The summed E-state index contributed by atoms with van der Waals surface area (Å²) < 4.78 is 40.3. The van der Waals surface area contributed by atoms with Gasteiger partial charge >= 0.3 is 11.2 Å². The Morgan fingerprint density at radius 3 is 2.36 bits per heavy atom. The minimum atomic E-state index is -4.40. The van der Waals surface area contributed by atoms with E-state index in [2.05, 4.69) is 4.98 Å². The molecule has 0 saturated carbocycles. The molecular formula is C24H20F3N3O2S. The molecule has 0 spiro atoms. The molecule has 0 saturated heterocycles. The first-order valence-corrected chi connectivity index (χ1v) is 10.9. The van der Waals surface area contributed by atoms with Crippen LogP contribution in [0.4, 0.5) is 13.2 Å². The van der Waals surface area contributed by atoms with Gasteiger partial charge in [-0.2, -0.15) is 13.2 Å². The topological polar surface area (TPSA) is 60.1 Å². The minimum Gasteiger partial charge on any atom is -0.493 e. The highest BCUT2D eigenvalue weighted by molar-refractivity contribution is 8.00. The second kappa shape index (κ2) is 9.19. The van der Waals surface area contributed by atoms with Crippen LogP contribution in [0.2, 0.25) is 0 Å². The van der Waals surface area contributed by atoms with Crippen LogP contribution < -0.4 is 5.69 Å². The highest BCUT2D eigenvalue weighted by Crippen LogP contribution is 2.37. The standard InChI is InChI=1S/C24H20F3N3O2S/c1-16-22(31)30(20-7-9-21(10-8-20)33-24(25,26)27)23(32)29(16)15-18-11-12-28-14-19(18)13-17-5-3-2-4-6-17/h2-12,14,31H,13,15H2,1H3. The molecule has 170 valence electrons. The highest BCUT2D eigenvalue weighted by atomic mass is 32.2. The summed E-state index contributed by atoms with van der Waals surface area (Å²) >= 11 is -0.236.